The summed E-state index contributed by atoms with van der Waals surface area (Å²) in [5, 5.41) is 9.53. The minimum Gasteiger partial charge on any atom is -0.479 e. The largest absolute Gasteiger partial charge is 0.479 e. The Morgan fingerprint density at radius 3 is 1.72 bits per heavy atom. The van der Waals surface area contributed by atoms with E-state index < -0.39 is 29.6 Å². The van der Waals surface area contributed by atoms with Crippen LogP contribution in [0.4, 0.5) is 0 Å². The fraction of sp³-hybridized carbons (Fsp3) is 0.296. The third kappa shape index (κ3) is 4.60. The molecule has 1 saturated heterocycles. The van der Waals surface area contributed by atoms with E-state index in [-0.39, 0.29) is 13.0 Å². The summed E-state index contributed by atoms with van der Waals surface area (Å²) < 4.78 is 18.4. The smallest absolute Gasteiger partial charge is 0.333 e. The van der Waals surface area contributed by atoms with E-state index >= 15 is 0 Å². The second kappa shape index (κ2) is 9.25. The second-order valence-corrected chi connectivity index (χ2v) is 8.41. The predicted octanol–water partition coefficient (Wildman–Crippen LogP) is 4.99. The molecule has 5 nitrogen and oxygen atoms in total. The molecule has 1 aliphatic rings. The first-order valence-electron chi connectivity index (χ1n) is 10.8. The first-order valence-corrected chi connectivity index (χ1v) is 10.8. The molecule has 0 amide bonds. The van der Waals surface area contributed by atoms with Gasteiger partial charge in [0.1, 0.15) is 5.60 Å². The fourth-order valence-corrected chi connectivity index (χ4v) is 4.35. The van der Waals surface area contributed by atoms with Crippen molar-refractivity contribution in [2.75, 3.05) is 6.61 Å². The van der Waals surface area contributed by atoms with Gasteiger partial charge in [-0.3, -0.25) is 0 Å². The fourth-order valence-electron chi connectivity index (χ4n) is 4.35. The Morgan fingerprint density at radius 2 is 1.31 bits per heavy atom. The van der Waals surface area contributed by atoms with Gasteiger partial charge < -0.3 is 19.3 Å². The Morgan fingerprint density at radius 1 is 0.875 bits per heavy atom. The molecule has 2 atom stereocenters. The predicted molar refractivity (Wildman–Crippen MR) is 121 cm³/mol. The number of rotatable bonds is 7. The molecule has 0 unspecified atom stereocenters. The number of carboxylic acids is 1. The summed E-state index contributed by atoms with van der Waals surface area (Å²) in [7, 11) is 0. The van der Waals surface area contributed by atoms with Crippen LogP contribution < -0.4 is 0 Å². The molecule has 1 heterocycles. The number of ether oxygens (including phenoxy) is 3. The lowest BCUT2D eigenvalue weighted by Gasteiger charge is -2.41. The minimum atomic E-state index is -1.01. The Kier molecular flexibility index (Phi) is 6.42. The molecule has 5 heteroatoms. The molecule has 1 fully saturated rings. The van der Waals surface area contributed by atoms with Crippen LogP contribution in [0, 0.1) is 0 Å². The van der Waals surface area contributed by atoms with Gasteiger partial charge in [-0.25, -0.2) is 4.79 Å². The molecular weight excluding hydrogens is 404 g/mol. The zero-order valence-electron chi connectivity index (χ0n) is 18.3. The van der Waals surface area contributed by atoms with Crippen LogP contribution in [0.15, 0.2) is 91.0 Å². The van der Waals surface area contributed by atoms with Crippen LogP contribution in [0.5, 0.6) is 0 Å². The molecule has 0 radical (unpaired) electrons. The van der Waals surface area contributed by atoms with Crippen molar-refractivity contribution in [3.05, 3.63) is 108 Å². The molecule has 166 valence electrons. The lowest BCUT2D eigenvalue weighted by atomic mass is 9.80. The van der Waals surface area contributed by atoms with Gasteiger partial charge in [-0.05, 0) is 30.5 Å². The van der Waals surface area contributed by atoms with Crippen molar-refractivity contribution in [3.63, 3.8) is 0 Å². The highest BCUT2D eigenvalue weighted by atomic mass is 16.7. The molecule has 3 aromatic carbocycles. The van der Waals surface area contributed by atoms with Crippen molar-refractivity contribution in [2.24, 2.45) is 0 Å². The van der Waals surface area contributed by atoms with Crippen molar-refractivity contribution in [2.45, 2.75) is 43.9 Å². The van der Waals surface area contributed by atoms with Crippen LogP contribution in [0.2, 0.25) is 0 Å². The van der Waals surface area contributed by atoms with Crippen LogP contribution in [0.25, 0.3) is 0 Å². The number of carboxylic acid groups (broad SMARTS) is 1. The molecule has 0 bridgehead atoms. The van der Waals surface area contributed by atoms with E-state index in [1.54, 1.807) is 13.8 Å². The average Bonchev–Trinajstić information content (AvgIpc) is 2.81. The molecule has 32 heavy (non-hydrogen) atoms. The quantitative estimate of drug-likeness (QED) is 0.533. The van der Waals surface area contributed by atoms with Crippen molar-refractivity contribution in [1.82, 2.24) is 0 Å². The third-order valence-electron chi connectivity index (χ3n) is 5.66. The number of hydrogen-bond donors (Lipinski definition) is 1. The number of carbonyl (C=O) groups is 1. The molecule has 4 rings (SSSR count). The van der Waals surface area contributed by atoms with Crippen LogP contribution in [0.1, 0.15) is 37.0 Å². The van der Waals surface area contributed by atoms with Gasteiger partial charge in [0.05, 0.1) is 12.7 Å². The summed E-state index contributed by atoms with van der Waals surface area (Å²) in [5.74, 6) is -2.00. The second-order valence-electron chi connectivity index (χ2n) is 8.41. The molecule has 0 aliphatic carbocycles. The van der Waals surface area contributed by atoms with Gasteiger partial charge in [-0.2, -0.15) is 0 Å². The maximum Gasteiger partial charge on any atom is 0.333 e. The lowest BCUT2D eigenvalue weighted by molar-refractivity contribution is -0.305. The van der Waals surface area contributed by atoms with Crippen LogP contribution >= 0.6 is 0 Å². The van der Waals surface area contributed by atoms with E-state index in [1.165, 1.54) is 0 Å². The summed E-state index contributed by atoms with van der Waals surface area (Å²) in [5.41, 5.74) is 2.07. The number of hydrogen-bond acceptors (Lipinski definition) is 4. The molecule has 3 aromatic rings. The zero-order chi connectivity index (χ0) is 22.6. The van der Waals surface area contributed by atoms with E-state index in [0.29, 0.717) is 0 Å². The summed E-state index contributed by atoms with van der Waals surface area (Å²) in [6, 6.07) is 30.2. The molecular formula is C27H28O5. The Bertz CT molecular complexity index is 921. The highest BCUT2D eigenvalue weighted by Crippen LogP contribution is 2.41. The SMILES string of the molecule is CC1(C)O[C@H](COC(c2ccccc2)(c2ccccc2)c2ccccc2)C[C@H](C(=O)O)O1. The Hall–Kier alpha value is -2.99. The molecule has 1 N–H and O–H groups in total. The summed E-state index contributed by atoms with van der Waals surface area (Å²) in [6.07, 6.45) is -1.16. The maximum atomic E-state index is 11.6. The topological polar surface area (TPSA) is 65.0 Å². The van der Waals surface area contributed by atoms with Crippen LogP contribution in [-0.2, 0) is 24.6 Å². The highest BCUT2D eigenvalue weighted by molar-refractivity contribution is 5.72. The average molecular weight is 433 g/mol. The van der Waals surface area contributed by atoms with Gasteiger partial charge in [-0.15, -0.1) is 0 Å². The van der Waals surface area contributed by atoms with Gasteiger partial charge in [0.15, 0.2) is 11.9 Å². The van der Waals surface area contributed by atoms with Gasteiger partial charge in [0.25, 0.3) is 0 Å². The highest BCUT2D eigenvalue weighted by Gasteiger charge is 2.42. The monoisotopic (exact) mass is 432 g/mol. The summed E-state index contributed by atoms with van der Waals surface area (Å²) in [6.45, 7) is 3.66. The van der Waals surface area contributed by atoms with Gasteiger partial charge in [0.2, 0.25) is 0 Å². The van der Waals surface area contributed by atoms with Gasteiger partial charge in [0, 0.05) is 6.42 Å². The van der Waals surface area contributed by atoms with Gasteiger partial charge in [-0.1, -0.05) is 91.0 Å². The van der Waals surface area contributed by atoms with Crippen LogP contribution in [0.3, 0.4) is 0 Å². The number of benzene rings is 3. The summed E-state index contributed by atoms with van der Waals surface area (Å²) >= 11 is 0. The molecule has 1 aliphatic heterocycles. The van der Waals surface area contributed by atoms with E-state index in [2.05, 4.69) is 36.4 Å². The first kappa shape index (κ1) is 22.2. The molecule has 0 saturated carbocycles. The van der Waals surface area contributed by atoms with E-state index in [0.717, 1.165) is 16.7 Å². The van der Waals surface area contributed by atoms with Crippen molar-refractivity contribution < 1.29 is 24.1 Å². The first-order chi connectivity index (χ1) is 15.4. The van der Waals surface area contributed by atoms with E-state index in [9.17, 15) is 9.90 Å². The Labute approximate surface area is 188 Å². The summed E-state index contributed by atoms with van der Waals surface area (Å²) in [4.78, 5) is 11.6. The minimum absolute atomic E-state index is 0.204. The normalized spacial score (nSPS) is 20.6. The van der Waals surface area contributed by atoms with E-state index in [4.69, 9.17) is 14.2 Å². The van der Waals surface area contributed by atoms with Crippen molar-refractivity contribution in [1.29, 1.82) is 0 Å². The third-order valence-corrected chi connectivity index (χ3v) is 5.66. The zero-order valence-corrected chi connectivity index (χ0v) is 18.3. The van der Waals surface area contributed by atoms with Crippen molar-refractivity contribution >= 4 is 5.97 Å². The van der Waals surface area contributed by atoms with E-state index in [1.807, 2.05) is 54.6 Å². The molecule has 0 spiro atoms. The number of aliphatic carboxylic acids is 1. The maximum absolute atomic E-state index is 11.6. The Balaban J connectivity index is 1.76. The van der Waals surface area contributed by atoms with Gasteiger partial charge >= 0.3 is 5.97 Å². The molecule has 0 aromatic heterocycles. The lowest BCUT2D eigenvalue weighted by Crippen LogP contribution is -2.49. The van der Waals surface area contributed by atoms with Crippen molar-refractivity contribution in [3.8, 4) is 0 Å². The standard InChI is InChI=1S/C27H28O5/c1-26(2)31-23(18-24(32-26)25(28)29)19-30-27(20-12-6-3-7-13-20,21-14-8-4-9-15-21)22-16-10-5-11-17-22/h3-17,23-24H,18-19H2,1-2H3,(H,28,29)/t23-,24+/m0/s1. The van der Waals surface area contributed by atoms with Crippen LogP contribution in [-0.4, -0.2) is 35.7 Å².